The summed E-state index contributed by atoms with van der Waals surface area (Å²) in [6.07, 6.45) is 6.24. The van der Waals surface area contributed by atoms with Gasteiger partial charge in [-0.1, -0.05) is 32.1 Å². The van der Waals surface area contributed by atoms with Crippen molar-refractivity contribution in [3.05, 3.63) is 24.8 Å². The maximum Gasteiger partial charge on any atom is -0.00332 e. The van der Waals surface area contributed by atoms with E-state index in [1.165, 1.54) is 0 Å². The Hall–Kier alpha value is -0.520. The van der Waals surface area contributed by atoms with Crippen LogP contribution in [0, 0.1) is 11.8 Å². The third-order valence-electron chi connectivity index (χ3n) is 1.46. The molecule has 0 spiro atoms. The average molecular weight is 124 g/mol. The SMILES string of the molecule is C=CC(/C=C\C)C(C)C. The highest BCUT2D eigenvalue weighted by molar-refractivity contribution is 4.96. The third kappa shape index (κ3) is 3.12. The van der Waals surface area contributed by atoms with Crippen molar-refractivity contribution in [3.63, 3.8) is 0 Å². The minimum absolute atomic E-state index is 0.551. The molecule has 0 aliphatic carbocycles. The van der Waals surface area contributed by atoms with Gasteiger partial charge in [0, 0.05) is 0 Å². The van der Waals surface area contributed by atoms with Crippen molar-refractivity contribution in [1.82, 2.24) is 0 Å². The van der Waals surface area contributed by atoms with Crippen LogP contribution in [0.5, 0.6) is 0 Å². The van der Waals surface area contributed by atoms with Crippen LogP contribution in [0.1, 0.15) is 20.8 Å². The second-order valence-electron chi connectivity index (χ2n) is 2.58. The lowest BCUT2D eigenvalue weighted by Crippen LogP contribution is -2.00. The van der Waals surface area contributed by atoms with Gasteiger partial charge in [-0.15, -0.1) is 6.58 Å². The van der Waals surface area contributed by atoms with Crippen molar-refractivity contribution >= 4 is 0 Å². The van der Waals surface area contributed by atoms with E-state index in [1.807, 2.05) is 13.0 Å². The molecular weight excluding hydrogens is 108 g/mol. The van der Waals surface area contributed by atoms with Gasteiger partial charge in [0.2, 0.25) is 0 Å². The zero-order valence-corrected chi connectivity index (χ0v) is 6.59. The Morgan fingerprint density at radius 2 is 1.89 bits per heavy atom. The van der Waals surface area contributed by atoms with E-state index in [-0.39, 0.29) is 0 Å². The smallest absolute Gasteiger partial charge is 0.00332 e. The highest BCUT2D eigenvalue weighted by atomic mass is 14.1. The summed E-state index contributed by atoms with van der Waals surface area (Å²) in [5.74, 6) is 1.23. The Bertz CT molecular complexity index is 98.6. The number of allylic oxidation sites excluding steroid dienone is 3. The predicted octanol–water partition coefficient (Wildman–Crippen LogP) is 3.02. The molecule has 0 saturated carbocycles. The van der Waals surface area contributed by atoms with E-state index in [1.54, 1.807) is 0 Å². The molecule has 0 N–H and O–H groups in total. The largest absolute Gasteiger partial charge is 0.102 e. The van der Waals surface area contributed by atoms with Crippen LogP contribution in [-0.2, 0) is 0 Å². The van der Waals surface area contributed by atoms with Gasteiger partial charge in [-0.2, -0.15) is 0 Å². The molecule has 0 aliphatic heterocycles. The van der Waals surface area contributed by atoms with Crippen LogP contribution >= 0.6 is 0 Å². The molecule has 0 saturated heterocycles. The van der Waals surface area contributed by atoms with Crippen molar-refractivity contribution in [3.8, 4) is 0 Å². The molecule has 0 rings (SSSR count). The molecule has 9 heavy (non-hydrogen) atoms. The predicted molar refractivity (Wildman–Crippen MR) is 43.3 cm³/mol. The van der Waals surface area contributed by atoms with E-state index in [0.717, 1.165) is 0 Å². The lowest BCUT2D eigenvalue weighted by molar-refractivity contribution is 0.551. The third-order valence-corrected chi connectivity index (χ3v) is 1.46. The molecule has 1 atom stereocenters. The first-order valence-corrected chi connectivity index (χ1v) is 3.47. The summed E-state index contributed by atoms with van der Waals surface area (Å²) < 4.78 is 0. The van der Waals surface area contributed by atoms with Crippen LogP contribution in [0.4, 0.5) is 0 Å². The first kappa shape index (κ1) is 8.48. The van der Waals surface area contributed by atoms with Gasteiger partial charge in [-0.3, -0.25) is 0 Å². The Balaban J connectivity index is 3.82. The molecule has 0 heterocycles. The first-order chi connectivity index (χ1) is 4.22. The van der Waals surface area contributed by atoms with Crippen LogP contribution in [-0.4, -0.2) is 0 Å². The molecule has 0 amide bonds. The van der Waals surface area contributed by atoms with E-state index in [2.05, 4.69) is 32.6 Å². The van der Waals surface area contributed by atoms with Crippen molar-refractivity contribution in [2.75, 3.05) is 0 Å². The highest BCUT2D eigenvalue weighted by Gasteiger charge is 2.02. The van der Waals surface area contributed by atoms with E-state index >= 15 is 0 Å². The molecule has 0 radical (unpaired) electrons. The Kier molecular flexibility index (Phi) is 4.12. The van der Waals surface area contributed by atoms with Crippen LogP contribution in [0.3, 0.4) is 0 Å². The summed E-state index contributed by atoms with van der Waals surface area (Å²) in [6.45, 7) is 10.2. The fourth-order valence-electron chi connectivity index (χ4n) is 0.795. The van der Waals surface area contributed by atoms with Crippen molar-refractivity contribution in [1.29, 1.82) is 0 Å². The van der Waals surface area contributed by atoms with Crippen molar-refractivity contribution in [2.24, 2.45) is 11.8 Å². The fraction of sp³-hybridized carbons (Fsp3) is 0.556. The lowest BCUT2D eigenvalue weighted by Gasteiger charge is -2.09. The maximum absolute atomic E-state index is 3.75. The van der Waals surface area contributed by atoms with E-state index < -0.39 is 0 Å². The average Bonchev–Trinajstić information content (AvgIpc) is 1.82. The normalized spacial score (nSPS) is 14.7. The lowest BCUT2D eigenvalue weighted by atomic mass is 9.96. The molecule has 0 fully saturated rings. The van der Waals surface area contributed by atoms with Gasteiger partial charge in [-0.05, 0) is 18.8 Å². The topological polar surface area (TPSA) is 0 Å². The zero-order chi connectivity index (χ0) is 7.28. The van der Waals surface area contributed by atoms with Crippen LogP contribution in [0.2, 0.25) is 0 Å². The van der Waals surface area contributed by atoms with Gasteiger partial charge in [0.05, 0.1) is 0 Å². The van der Waals surface area contributed by atoms with Crippen molar-refractivity contribution < 1.29 is 0 Å². The van der Waals surface area contributed by atoms with E-state index in [4.69, 9.17) is 0 Å². The Morgan fingerprint density at radius 3 is 2.00 bits per heavy atom. The minimum Gasteiger partial charge on any atom is -0.102 e. The van der Waals surface area contributed by atoms with Gasteiger partial charge in [0.25, 0.3) is 0 Å². The second kappa shape index (κ2) is 4.37. The summed E-state index contributed by atoms with van der Waals surface area (Å²) in [6, 6.07) is 0. The molecule has 0 aromatic rings. The van der Waals surface area contributed by atoms with Crippen molar-refractivity contribution in [2.45, 2.75) is 20.8 Å². The fourth-order valence-corrected chi connectivity index (χ4v) is 0.795. The highest BCUT2D eigenvalue weighted by Crippen LogP contribution is 2.12. The molecule has 0 bridgehead atoms. The molecule has 0 aromatic carbocycles. The first-order valence-electron chi connectivity index (χ1n) is 3.47. The minimum atomic E-state index is 0.551. The van der Waals surface area contributed by atoms with Gasteiger partial charge in [0.1, 0.15) is 0 Å². The number of rotatable bonds is 3. The summed E-state index contributed by atoms with van der Waals surface area (Å²) in [7, 11) is 0. The molecule has 0 aromatic heterocycles. The molecule has 1 unspecified atom stereocenters. The quantitative estimate of drug-likeness (QED) is 0.507. The second-order valence-corrected chi connectivity index (χ2v) is 2.58. The summed E-state index contributed by atoms with van der Waals surface area (Å²) >= 11 is 0. The van der Waals surface area contributed by atoms with Gasteiger partial charge in [0.15, 0.2) is 0 Å². The Morgan fingerprint density at radius 1 is 1.33 bits per heavy atom. The number of hydrogen-bond acceptors (Lipinski definition) is 0. The van der Waals surface area contributed by atoms with Crippen LogP contribution < -0.4 is 0 Å². The van der Waals surface area contributed by atoms with E-state index in [9.17, 15) is 0 Å². The van der Waals surface area contributed by atoms with E-state index in [0.29, 0.717) is 11.8 Å². The standard InChI is InChI=1S/C9H16/c1-5-7-9(6-2)8(3)4/h5-9H,2H2,1,3-4H3/b7-5-. The maximum atomic E-state index is 3.75. The summed E-state index contributed by atoms with van der Waals surface area (Å²) in [4.78, 5) is 0. The van der Waals surface area contributed by atoms with Gasteiger partial charge < -0.3 is 0 Å². The molecule has 0 heteroatoms. The summed E-state index contributed by atoms with van der Waals surface area (Å²) in [5.41, 5.74) is 0. The Labute approximate surface area is 58.3 Å². The monoisotopic (exact) mass is 124 g/mol. The molecular formula is C9H16. The van der Waals surface area contributed by atoms with Crippen LogP contribution in [0.15, 0.2) is 24.8 Å². The molecule has 0 aliphatic rings. The zero-order valence-electron chi connectivity index (χ0n) is 6.59. The molecule has 0 nitrogen and oxygen atoms in total. The number of hydrogen-bond donors (Lipinski definition) is 0. The molecule has 52 valence electrons. The van der Waals surface area contributed by atoms with Gasteiger partial charge >= 0.3 is 0 Å². The van der Waals surface area contributed by atoms with Crippen LogP contribution in [0.25, 0.3) is 0 Å². The summed E-state index contributed by atoms with van der Waals surface area (Å²) in [5, 5.41) is 0. The van der Waals surface area contributed by atoms with Gasteiger partial charge in [-0.25, -0.2) is 0 Å².